The van der Waals surface area contributed by atoms with Crippen LogP contribution in [0.4, 0.5) is 0 Å². The number of carbonyl (C=O) groups excluding carboxylic acids is 1. The zero-order valence-corrected chi connectivity index (χ0v) is 18.7. The molecule has 0 saturated heterocycles. The van der Waals surface area contributed by atoms with Crippen molar-refractivity contribution in [1.29, 1.82) is 0 Å². The SMILES string of the molecule is CCCCCCCC/C=C/CCCCCCCCCCCCCCCC=O. The summed E-state index contributed by atoms with van der Waals surface area (Å²) in [5.74, 6) is 0. The largest absolute Gasteiger partial charge is 0.303 e. The normalized spacial score (nSPS) is 11.4. The first kappa shape index (κ1) is 26.4. The van der Waals surface area contributed by atoms with Gasteiger partial charge in [0.1, 0.15) is 6.29 Å². The maximum Gasteiger partial charge on any atom is 0.119 e. The minimum Gasteiger partial charge on any atom is -0.303 e. The fourth-order valence-corrected chi connectivity index (χ4v) is 3.71. The van der Waals surface area contributed by atoms with Gasteiger partial charge >= 0.3 is 0 Å². The molecule has 1 nitrogen and oxygen atoms in total. The van der Waals surface area contributed by atoms with Gasteiger partial charge in [-0.05, 0) is 32.1 Å². The van der Waals surface area contributed by atoms with E-state index in [0.29, 0.717) is 0 Å². The highest BCUT2D eigenvalue weighted by Crippen LogP contribution is 2.13. The zero-order valence-electron chi connectivity index (χ0n) is 18.7. The lowest BCUT2D eigenvalue weighted by atomic mass is 10.0. The molecule has 0 rings (SSSR count). The van der Waals surface area contributed by atoms with E-state index < -0.39 is 0 Å². The molecule has 0 aliphatic heterocycles. The first-order valence-electron chi connectivity index (χ1n) is 12.5. The van der Waals surface area contributed by atoms with Crippen LogP contribution in [0.2, 0.25) is 0 Å². The van der Waals surface area contributed by atoms with Crippen LogP contribution in [-0.2, 0) is 4.79 Å². The lowest BCUT2D eigenvalue weighted by Crippen LogP contribution is -1.83. The standard InChI is InChI=1S/C26H50O/c1-2-3-4-5-6-7-8-9-10-11-12-13-14-15-16-17-18-19-20-21-22-23-24-25-26-27/h9-10,26H,2-8,11-25H2,1H3/b10-9+. The van der Waals surface area contributed by atoms with E-state index in [1.807, 2.05) is 0 Å². The first-order chi connectivity index (χ1) is 13.4. The molecule has 0 radical (unpaired) electrons. The fraction of sp³-hybridized carbons (Fsp3) is 0.885. The van der Waals surface area contributed by atoms with Crippen LogP contribution in [-0.4, -0.2) is 6.29 Å². The number of allylic oxidation sites excluding steroid dienone is 2. The van der Waals surface area contributed by atoms with Crippen LogP contribution in [0.1, 0.15) is 148 Å². The van der Waals surface area contributed by atoms with Gasteiger partial charge in [-0.15, -0.1) is 0 Å². The van der Waals surface area contributed by atoms with Gasteiger partial charge in [-0.2, -0.15) is 0 Å². The fourth-order valence-electron chi connectivity index (χ4n) is 3.71. The smallest absolute Gasteiger partial charge is 0.119 e. The topological polar surface area (TPSA) is 17.1 Å². The summed E-state index contributed by atoms with van der Waals surface area (Å²) in [4.78, 5) is 10.2. The number of rotatable bonds is 23. The summed E-state index contributed by atoms with van der Waals surface area (Å²) >= 11 is 0. The summed E-state index contributed by atoms with van der Waals surface area (Å²) in [6.45, 7) is 2.28. The minimum atomic E-state index is 0.759. The van der Waals surface area contributed by atoms with E-state index in [1.165, 1.54) is 128 Å². The molecule has 0 fully saturated rings. The van der Waals surface area contributed by atoms with Crippen molar-refractivity contribution in [3.8, 4) is 0 Å². The number of hydrogen-bond donors (Lipinski definition) is 0. The molecule has 0 aliphatic rings. The summed E-state index contributed by atoms with van der Waals surface area (Å²) in [7, 11) is 0. The quantitative estimate of drug-likeness (QED) is 0.0982. The van der Waals surface area contributed by atoms with Gasteiger partial charge in [0.2, 0.25) is 0 Å². The molecule has 0 bridgehead atoms. The maximum atomic E-state index is 10.2. The van der Waals surface area contributed by atoms with Crippen LogP contribution in [0.15, 0.2) is 12.2 Å². The molecule has 0 aromatic rings. The molecular weight excluding hydrogens is 328 g/mol. The van der Waals surface area contributed by atoms with Crippen LogP contribution in [0.3, 0.4) is 0 Å². The Kier molecular flexibility index (Phi) is 24.9. The summed E-state index contributed by atoms with van der Waals surface area (Å²) in [5.41, 5.74) is 0. The average molecular weight is 379 g/mol. The molecule has 27 heavy (non-hydrogen) atoms. The van der Waals surface area contributed by atoms with Crippen molar-refractivity contribution in [2.45, 2.75) is 148 Å². The Morgan fingerprint density at radius 2 is 0.704 bits per heavy atom. The molecule has 0 spiro atoms. The van der Waals surface area contributed by atoms with Crippen LogP contribution >= 0.6 is 0 Å². The van der Waals surface area contributed by atoms with Crippen molar-refractivity contribution < 1.29 is 4.79 Å². The van der Waals surface area contributed by atoms with Crippen LogP contribution in [0.25, 0.3) is 0 Å². The van der Waals surface area contributed by atoms with E-state index in [-0.39, 0.29) is 0 Å². The van der Waals surface area contributed by atoms with Gasteiger partial charge < -0.3 is 4.79 Å². The lowest BCUT2D eigenvalue weighted by molar-refractivity contribution is -0.107. The summed E-state index contributed by atoms with van der Waals surface area (Å²) in [6.07, 6.45) is 35.5. The Bertz CT molecular complexity index is 295. The minimum absolute atomic E-state index is 0.759. The van der Waals surface area contributed by atoms with E-state index in [0.717, 1.165) is 19.1 Å². The second kappa shape index (κ2) is 25.4. The van der Waals surface area contributed by atoms with Gasteiger partial charge in [0, 0.05) is 6.42 Å². The zero-order chi connectivity index (χ0) is 19.7. The number of hydrogen-bond acceptors (Lipinski definition) is 1. The molecule has 0 aliphatic carbocycles. The van der Waals surface area contributed by atoms with Gasteiger partial charge in [0.25, 0.3) is 0 Å². The Labute approximate surface area is 171 Å². The predicted molar refractivity (Wildman–Crippen MR) is 122 cm³/mol. The molecule has 0 N–H and O–H groups in total. The van der Waals surface area contributed by atoms with Gasteiger partial charge in [-0.3, -0.25) is 0 Å². The van der Waals surface area contributed by atoms with Crippen molar-refractivity contribution in [3.63, 3.8) is 0 Å². The molecule has 0 unspecified atom stereocenters. The lowest BCUT2D eigenvalue weighted by Gasteiger charge is -2.02. The average Bonchev–Trinajstić information content (AvgIpc) is 2.68. The van der Waals surface area contributed by atoms with E-state index in [4.69, 9.17) is 0 Å². The third-order valence-corrected chi connectivity index (χ3v) is 5.58. The van der Waals surface area contributed by atoms with Gasteiger partial charge in [-0.1, -0.05) is 122 Å². The molecular formula is C26H50O. The molecule has 0 atom stereocenters. The number of unbranched alkanes of at least 4 members (excludes halogenated alkanes) is 20. The summed E-state index contributed by atoms with van der Waals surface area (Å²) < 4.78 is 0. The predicted octanol–water partition coefficient (Wildman–Crippen LogP) is 9.34. The highest BCUT2D eigenvalue weighted by atomic mass is 16.1. The van der Waals surface area contributed by atoms with Crippen molar-refractivity contribution >= 4 is 6.29 Å². The van der Waals surface area contributed by atoms with E-state index in [1.54, 1.807) is 0 Å². The molecule has 0 saturated carbocycles. The summed E-state index contributed by atoms with van der Waals surface area (Å²) in [5, 5.41) is 0. The Hall–Kier alpha value is -0.590. The second-order valence-corrected chi connectivity index (χ2v) is 8.37. The molecule has 0 amide bonds. The van der Waals surface area contributed by atoms with Crippen molar-refractivity contribution in [2.75, 3.05) is 0 Å². The third-order valence-electron chi connectivity index (χ3n) is 5.58. The van der Waals surface area contributed by atoms with Crippen LogP contribution in [0, 0.1) is 0 Å². The highest BCUT2D eigenvalue weighted by Gasteiger charge is 1.94. The highest BCUT2D eigenvalue weighted by molar-refractivity contribution is 5.48. The molecule has 0 aromatic heterocycles. The van der Waals surface area contributed by atoms with Crippen molar-refractivity contribution in [2.24, 2.45) is 0 Å². The van der Waals surface area contributed by atoms with E-state index in [2.05, 4.69) is 19.1 Å². The Morgan fingerprint density at radius 3 is 1.04 bits per heavy atom. The number of carbonyl (C=O) groups is 1. The third kappa shape index (κ3) is 25.4. The van der Waals surface area contributed by atoms with Crippen LogP contribution < -0.4 is 0 Å². The Morgan fingerprint density at radius 1 is 0.407 bits per heavy atom. The molecule has 1 heteroatoms. The molecule has 0 heterocycles. The summed E-state index contributed by atoms with van der Waals surface area (Å²) in [6, 6.07) is 0. The second-order valence-electron chi connectivity index (χ2n) is 8.37. The maximum absolute atomic E-state index is 10.2. The van der Waals surface area contributed by atoms with Crippen molar-refractivity contribution in [1.82, 2.24) is 0 Å². The van der Waals surface area contributed by atoms with Crippen LogP contribution in [0.5, 0.6) is 0 Å². The van der Waals surface area contributed by atoms with E-state index >= 15 is 0 Å². The molecule has 0 aromatic carbocycles. The van der Waals surface area contributed by atoms with Crippen molar-refractivity contribution in [3.05, 3.63) is 12.2 Å². The van der Waals surface area contributed by atoms with E-state index in [9.17, 15) is 4.79 Å². The Balaban J connectivity index is 3.04. The monoisotopic (exact) mass is 378 g/mol. The number of aldehydes is 1. The van der Waals surface area contributed by atoms with Gasteiger partial charge in [0.05, 0.1) is 0 Å². The molecule has 160 valence electrons. The van der Waals surface area contributed by atoms with Gasteiger partial charge in [0.15, 0.2) is 0 Å². The first-order valence-corrected chi connectivity index (χ1v) is 12.5. The van der Waals surface area contributed by atoms with Gasteiger partial charge in [-0.25, -0.2) is 0 Å².